The summed E-state index contributed by atoms with van der Waals surface area (Å²) in [6.07, 6.45) is 0. The second kappa shape index (κ2) is 9.08. The van der Waals surface area contributed by atoms with Crippen LogP contribution >= 0.6 is 11.6 Å². The summed E-state index contributed by atoms with van der Waals surface area (Å²) in [6, 6.07) is 13.3. The number of amides is 1. The number of rotatable bonds is 7. The Bertz CT molecular complexity index is 728. The van der Waals surface area contributed by atoms with Gasteiger partial charge in [0.25, 0.3) is 5.91 Å². The molecule has 0 unspecified atom stereocenters. The Morgan fingerprint density at radius 3 is 2.48 bits per heavy atom. The molecule has 1 N–H and O–H groups in total. The second-order valence-corrected chi connectivity index (χ2v) is 6.30. The molecular weight excluding hydrogens is 342 g/mol. The number of hydrogen-bond acceptors (Lipinski definition) is 4. The quantitative estimate of drug-likeness (QED) is 0.752. The highest BCUT2D eigenvalue weighted by Gasteiger charge is 2.09. The summed E-state index contributed by atoms with van der Waals surface area (Å²) in [5.74, 6) is 0.110. The van der Waals surface area contributed by atoms with Crippen LogP contribution in [0.1, 0.15) is 24.2 Å². The molecule has 0 atom stereocenters. The van der Waals surface area contributed by atoms with Gasteiger partial charge in [-0.25, -0.2) is 4.79 Å². The van der Waals surface area contributed by atoms with E-state index in [2.05, 4.69) is 5.32 Å². The van der Waals surface area contributed by atoms with Crippen LogP contribution in [-0.2, 0) is 9.53 Å². The topological polar surface area (TPSA) is 64.6 Å². The van der Waals surface area contributed by atoms with E-state index >= 15 is 0 Å². The van der Waals surface area contributed by atoms with E-state index < -0.39 is 0 Å². The van der Waals surface area contributed by atoms with E-state index in [-0.39, 0.29) is 24.4 Å². The smallest absolute Gasteiger partial charge is 0.338 e. The average molecular weight is 362 g/mol. The molecule has 0 aliphatic carbocycles. The van der Waals surface area contributed by atoms with E-state index in [1.54, 1.807) is 48.5 Å². The van der Waals surface area contributed by atoms with Gasteiger partial charge in [0.1, 0.15) is 5.75 Å². The summed E-state index contributed by atoms with van der Waals surface area (Å²) in [7, 11) is 0. The highest BCUT2D eigenvalue weighted by Crippen LogP contribution is 2.17. The molecule has 2 aromatic carbocycles. The van der Waals surface area contributed by atoms with Gasteiger partial charge in [0, 0.05) is 10.7 Å². The van der Waals surface area contributed by atoms with Crippen molar-refractivity contribution in [2.45, 2.75) is 13.8 Å². The van der Waals surface area contributed by atoms with Crippen LogP contribution in [0.15, 0.2) is 48.5 Å². The Kier molecular flexibility index (Phi) is 6.83. The first-order valence-corrected chi connectivity index (χ1v) is 8.27. The summed E-state index contributed by atoms with van der Waals surface area (Å²) >= 11 is 5.85. The number of esters is 1. The van der Waals surface area contributed by atoms with Crippen molar-refractivity contribution >= 4 is 29.2 Å². The summed E-state index contributed by atoms with van der Waals surface area (Å²) in [4.78, 5) is 23.7. The molecule has 0 saturated heterocycles. The van der Waals surface area contributed by atoms with Crippen LogP contribution in [0.2, 0.25) is 5.02 Å². The maximum atomic E-state index is 11.9. The molecule has 0 saturated carbocycles. The number of carbonyl (C=O) groups is 2. The van der Waals surface area contributed by atoms with Crippen molar-refractivity contribution in [1.82, 2.24) is 0 Å². The van der Waals surface area contributed by atoms with Crippen LogP contribution in [0, 0.1) is 5.92 Å². The van der Waals surface area contributed by atoms with Gasteiger partial charge >= 0.3 is 5.97 Å². The van der Waals surface area contributed by atoms with Crippen molar-refractivity contribution in [3.63, 3.8) is 0 Å². The van der Waals surface area contributed by atoms with Crippen LogP contribution in [0.3, 0.4) is 0 Å². The summed E-state index contributed by atoms with van der Waals surface area (Å²) in [5, 5.41) is 3.23. The van der Waals surface area contributed by atoms with Gasteiger partial charge in [-0.15, -0.1) is 0 Å². The van der Waals surface area contributed by atoms with Gasteiger partial charge < -0.3 is 14.8 Å². The lowest BCUT2D eigenvalue weighted by Gasteiger charge is -2.09. The minimum absolute atomic E-state index is 0.140. The summed E-state index contributed by atoms with van der Waals surface area (Å²) < 4.78 is 10.5. The number of ether oxygens (including phenoxy) is 2. The van der Waals surface area contributed by atoms with Crippen LogP contribution in [0.25, 0.3) is 0 Å². The molecule has 2 aromatic rings. The van der Waals surface area contributed by atoms with Gasteiger partial charge in [-0.05, 0) is 48.4 Å². The number of anilines is 1. The van der Waals surface area contributed by atoms with Crippen LogP contribution in [-0.4, -0.2) is 25.1 Å². The van der Waals surface area contributed by atoms with E-state index in [0.717, 1.165) is 0 Å². The molecular formula is C19H20ClNO4. The first-order valence-electron chi connectivity index (χ1n) is 7.89. The van der Waals surface area contributed by atoms with Gasteiger partial charge in [-0.3, -0.25) is 4.79 Å². The lowest BCUT2D eigenvalue weighted by Crippen LogP contribution is -2.20. The fraction of sp³-hybridized carbons (Fsp3) is 0.263. The maximum absolute atomic E-state index is 11.9. The summed E-state index contributed by atoms with van der Waals surface area (Å²) in [6.45, 7) is 4.17. The first-order chi connectivity index (χ1) is 11.9. The first kappa shape index (κ1) is 18.8. The van der Waals surface area contributed by atoms with Crippen molar-refractivity contribution < 1.29 is 19.1 Å². The van der Waals surface area contributed by atoms with E-state index in [4.69, 9.17) is 21.1 Å². The molecule has 0 aliphatic rings. The predicted octanol–water partition coefficient (Wildman–Crippen LogP) is 4.17. The van der Waals surface area contributed by atoms with E-state index in [1.165, 1.54) is 0 Å². The van der Waals surface area contributed by atoms with Gasteiger partial charge in [-0.2, -0.15) is 0 Å². The van der Waals surface area contributed by atoms with E-state index in [0.29, 0.717) is 28.6 Å². The number of hydrogen-bond donors (Lipinski definition) is 1. The third-order valence-electron chi connectivity index (χ3n) is 3.12. The number of benzene rings is 2. The molecule has 25 heavy (non-hydrogen) atoms. The van der Waals surface area contributed by atoms with Crippen molar-refractivity contribution in [3.05, 3.63) is 59.1 Å². The minimum Gasteiger partial charge on any atom is -0.484 e. The Balaban J connectivity index is 1.83. The fourth-order valence-electron chi connectivity index (χ4n) is 1.92. The van der Waals surface area contributed by atoms with Gasteiger partial charge in [0.05, 0.1) is 12.2 Å². The average Bonchev–Trinajstić information content (AvgIpc) is 2.58. The Labute approximate surface area is 151 Å². The molecule has 6 heteroatoms. The maximum Gasteiger partial charge on any atom is 0.338 e. The molecule has 132 valence electrons. The molecule has 0 aliphatic heterocycles. The zero-order valence-electron chi connectivity index (χ0n) is 14.1. The number of nitrogens with one attached hydrogen (secondary N) is 1. The largest absolute Gasteiger partial charge is 0.484 e. The predicted molar refractivity (Wildman–Crippen MR) is 97.1 cm³/mol. The number of halogens is 1. The molecule has 0 fully saturated rings. The molecule has 0 spiro atoms. The van der Waals surface area contributed by atoms with Crippen molar-refractivity contribution in [3.8, 4) is 5.75 Å². The monoisotopic (exact) mass is 361 g/mol. The van der Waals surface area contributed by atoms with E-state index in [1.807, 2.05) is 13.8 Å². The normalized spacial score (nSPS) is 10.4. The highest BCUT2D eigenvalue weighted by atomic mass is 35.5. The van der Waals surface area contributed by atoms with Crippen LogP contribution in [0.5, 0.6) is 5.75 Å². The molecule has 0 bridgehead atoms. The summed E-state index contributed by atoms with van der Waals surface area (Å²) in [5.41, 5.74) is 1.01. The molecule has 5 nitrogen and oxygen atoms in total. The Morgan fingerprint density at radius 2 is 1.84 bits per heavy atom. The Hall–Kier alpha value is -2.53. The number of carbonyl (C=O) groups excluding carboxylic acids is 2. The van der Waals surface area contributed by atoms with E-state index in [9.17, 15) is 9.59 Å². The molecule has 0 heterocycles. The van der Waals surface area contributed by atoms with Gasteiger partial charge in [0.15, 0.2) is 6.61 Å². The zero-order chi connectivity index (χ0) is 18.2. The van der Waals surface area contributed by atoms with Gasteiger partial charge in [0.2, 0.25) is 0 Å². The highest BCUT2D eigenvalue weighted by molar-refractivity contribution is 6.30. The third-order valence-corrected chi connectivity index (χ3v) is 3.35. The van der Waals surface area contributed by atoms with Gasteiger partial charge in [-0.1, -0.05) is 31.5 Å². The van der Waals surface area contributed by atoms with Crippen molar-refractivity contribution in [1.29, 1.82) is 0 Å². The standard InChI is InChI=1S/C19H20ClNO4/c1-13(2)11-25-19(23)14-6-8-16(9-7-14)21-18(22)12-24-17-5-3-4-15(20)10-17/h3-10,13H,11-12H2,1-2H3,(H,21,22). The third kappa shape index (κ3) is 6.47. The minimum atomic E-state index is -0.379. The zero-order valence-corrected chi connectivity index (χ0v) is 14.9. The molecule has 0 radical (unpaired) electrons. The molecule has 1 amide bonds. The fourth-order valence-corrected chi connectivity index (χ4v) is 2.10. The lowest BCUT2D eigenvalue weighted by molar-refractivity contribution is -0.118. The molecule has 2 rings (SSSR count). The van der Waals surface area contributed by atoms with Crippen LogP contribution < -0.4 is 10.1 Å². The van der Waals surface area contributed by atoms with Crippen LogP contribution in [0.4, 0.5) is 5.69 Å². The second-order valence-electron chi connectivity index (χ2n) is 5.86. The van der Waals surface area contributed by atoms with Crippen molar-refractivity contribution in [2.75, 3.05) is 18.5 Å². The SMILES string of the molecule is CC(C)COC(=O)c1ccc(NC(=O)COc2cccc(Cl)c2)cc1. The lowest BCUT2D eigenvalue weighted by atomic mass is 10.2. The van der Waals surface area contributed by atoms with Crippen molar-refractivity contribution in [2.24, 2.45) is 5.92 Å². The Morgan fingerprint density at radius 1 is 1.12 bits per heavy atom. The molecule has 0 aromatic heterocycles.